The number of halogens is 6. The monoisotopic (exact) mass is 543 g/mol. The van der Waals surface area contributed by atoms with E-state index in [1.807, 2.05) is 0 Å². The van der Waals surface area contributed by atoms with Gasteiger partial charge in [-0.3, -0.25) is 10.3 Å². The molecule has 38 heavy (non-hydrogen) atoms. The topological polar surface area (TPSA) is 68.9 Å². The molecule has 0 saturated carbocycles. The molecule has 10 heteroatoms. The number of aromatic hydroxyl groups is 1. The van der Waals surface area contributed by atoms with Gasteiger partial charge in [-0.1, -0.05) is 48.0 Å². The Morgan fingerprint density at radius 2 is 1.66 bits per heavy atom. The van der Waals surface area contributed by atoms with Gasteiger partial charge in [0.1, 0.15) is 29.0 Å². The Kier molecular flexibility index (Phi) is 7.67. The largest absolute Gasteiger partial charge is 0.506 e. The number of rotatable bonds is 7. The molecule has 1 aromatic heterocycles. The van der Waals surface area contributed by atoms with Crippen LogP contribution in [0.2, 0.25) is 5.02 Å². The number of hydrogen-bond acceptors (Lipinski definition) is 4. The van der Waals surface area contributed by atoms with Crippen molar-refractivity contribution >= 4 is 11.6 Å². The Morgan fingerprint density at radius 1 is 0.947 bits per heavy atom. The Hall–Kier alpha value is -4.00. The third-order valence-corrected chi connectivity index (χ3v) is 6.32. The lowest BCUT2D eigenvalue weighted by atomic mass is 9.79. The molecule has 4 rings (SSSR count). The van der Waals surface area contributed by atoms with Crippen molar-refractivity contribution in [1.29, 1.82) is 5.26 Å². The molecule has 0 bridgehead atoms. The summed E-state index contributed by atoms with van der Waals surface area (Å²) >= 11 is 6.03. The molecule has 4 aromatic rings. The zero-order chi connectivity index (χ0) is 27.5. The third kappa shape index (κ3) is 5.62. The number of alkyl halides is 3. The summed E-state index contributed by atoms with van der Waals surface area (Å²) in [6, 6.07) is 17.8. The minimum absolute atomic E-state index is 0.0102. The zero-order valence-corrected chi connectivity index (χ0v) is 20.3. The van der Waals surface area contributed by atoms with Gasteiger partial charge < -0.3 is 5.11 Å². The summed E-state index contributed by atoms with van der Waals surface area (Å²) in [6.45, 7) is -0.240. The average molecular weight is 544 g/mol. The highest BCUT2D eigenvalue weighted by Crippen LogP contribution is 2.38. The predicted molar refractivity (Wildman–Crippen MR) is 131 cm³/mol. The minimum atomic E-state index is -4.83. The first-order chi connectivity index (χ1) is 18.0. The van der Waals surface area contributed by atoms with Crippen molar-refractivity contribution in [3.05, 3.63) is 129 Å². The molecule has 3 aromatic carbocycles. The third-order valence-electron chi connectivity index (χ3n) is 6.10. The molecule has 0 unspecified atom stereocenters. The summed E-state index contributed by atoms with van der Waals surface area (Å²) in [4.78, 5) is 4.35. The number of pyridine rings is 1. The maximum atomic E-state index is 14.7. The van der Waals surface area contributed by atoms with E-state index in [4.69, 9.17) is 11.6 Å². The molecule has 4 nitrogen and oxygen atoms in total. The lowest BCUT2D eigenvalue weighted by molar-refractivity contribution is -0.137. The van der Waals surface area contributed by atoms with Gasteiger partial charge in [0.25, 0.3) is 0 Å². The van der Waals surface area contributed by atoms with E-state index < -0.39 is 40.2 Å². The van der Waals surface area contributed by atoms with Gasteiger partial charge in [-0.2, -0.15) is 18.4 Å². The smallest absolute Gasteiger partial charge is 0.416 e. The van der Waals surface area contributed by atoms with Crippen LogP contribution < -0.4 is 5.32 Å². The van der Waals surface area contributed by atoms with Crippen LogP contribution in [0, 0.1) is 23.0 Å². The molecule has 0 amide bonds. The van der Waals surface area contributed by atoms with Crippen LogP contribution in [-0.4, -0.2) is 10.1 Å². The van der Waals surface area contributed by atoms with Gasteiger partial charge in [-0.05, 0) is 47.5 Å². The van der Waals surface area contributed by atoms with Gasteiger partial charge in [0, 0.05) is 24.7 Å². The predicted octanol–water partition coefficient (Wildman–Crippen LogP) is 6.89. The van der Waals surface area contributed by atoms with E-state index in [9.17, 15) is 32.3 Å². The molecule has 0 spiro atoms. The minimum Gasteiger partial charge on any atom is -0.506 e. The molecule has 1 heterocycles. The van der Waals surface area contributed by atoms with Gasteiger partial charge >= 0.3 is 6.18 Å². The second kappa shape index (κ2) is 10.8. The van der Waals surface area contributed by atoms with Crippen molar-refractivity contribution in [2.75, 3.05) is 0 Å². The Morgan fingerprint density at radius 3 is 2.29 bits per heavy atom. The van der Waals surface area contributed by atoms with Crippen LogP contribution in [0.5, 0.6) is 5.75 Å². The number of phenolic OH excluding ortho intramolecular Hbond substituents is 1. The molecule has 1 atom stereocenters. The molecular weight excluding hydrogens is 525 g/mol. The van der Waals surface area contributed by atoms with E-state index in [0.29, 0.717) is 11.6 Å². The summed E-state index contributed by atoms with van der Waals surface area (Å²) in [5.74, 6) is -2.66. The van der Waals surface area contributed by atoms with E-state index in [0.717, 1.165) is 18.2 Å². The first kappa shape index (κ1) is 27.0. The Labute approximate surface area is 220 Å². The lowest BCUT2D eigenvalue weighted by Gasteiger charge is -2.36. The highest BCUT2D eigenvalue weighted by atomic mass is 35.5. The number of benzene rings is 3. The van der Waals surface area contributed by atoms with Gasteiger partial charge in [-0.25, -0.2) is 8.78 Å². The molecule has 0 saturated heterocycles. The fourth-order valence-corrected chi connectivity index (χ4v) is 4.34. The molecular formula is C28H19ClF5N3O. The quantitative estimate of drug-likeness (QED) is 0.249. The maximum Gasteiger partial charge on any atom is 0.416 e. The van der Waals surface area contributed by atoms with E-state index in [-0.39, 0.29) is 34.8 Å². The first-order valence-electron chi connectivity index (χ1n) is 11.2. The van der Waals surface area contributed by atoms with Crippen molar-refractivity contribution in [2.24, 2.45) is 0 Å². The van der Waals surface area contributed by atoms with Crippen LogP contribution in [-0.2, 0) is 24.7 Å². The number of nitriles is 1. The molecule has 194 valence electrons. The van der Waals surface area contributed by atoms with E-state index in [1.165, 1.54) is 24.4 Å². The van der Waals surface area contributed by atoms with E-state index in [2.05, 4.69) is 10.3 Å². The Balaban J connectivity index is 1.95. The molecule has 0 fully saturated rings. The highest BCUT2D eigenvalue weighted by Gasteiger charge is 2.39. The zero-order valence-electron chi connectivity index (χ0n) is 19.5. The summed E-state index contributed by atoms with van der Waals surface area (Å²) in [5.41, 5.74) is -2.46. The van der Waals surface area contributed by atoms with Crippen molar-refractivity contribution in [2.45, 2.75) is 24.7 Å². The number of aromatic nitrogens is 1. The van der Waals surface area contributed by atoms with Crippen molar-refractivity contribution in [3.63, 3.8) is 0 Å². The van der Waals surface area contributed by atoms with E-state index >= 15 is 0 Å². The Bertz CT molecular complexity index is 1490. The maximum absolute atomic E-state index is 14.7. The SMILES string of the molecule is N#Cc1c(F)ccc(CN[C@@](Cc2ccccc2)(c2cc(F)cc(C(F)(F)F)c2)c2ccc(Cl)cn2)c1O. The normalized spacial score (nSPS) is 13.1. The van der Waals surface area contributed by atoms with Gasteiger partial charge in [-0.15, -0.1) is 0 Å². The van der Waals surface area contributed by atoms with E-state index in [1.54, 1.807) is 36.4 Å². The second-order valence-corrected chi connectivity index (χ2v) is 8.99. The van der Waals surface area contributed by atoms with Crippen LogP contribution >= 0.6 is 11.6 Å². The molecule has 2 N–H and O–H groups in total. The van der Waals surface area contributed by atoms with Crippen molar-refractivity contribution < 1.29 is 27.1 Å². The molecule has 0 aliphatic rings. The van der Waals surface area contributed by atoms with Crippen LogP contribution in [0.4, 0.5) is 22.0 Å². The van der Waals surface area contributed by atoms with Gasteiger partial charge in [0.2, 0.25) is 0 Å². The fraction of sp³-hybridized carbons (Fsp3) is 0.143. The number of hydrogen-bond donors (Lipinski definition) is 2. The number of nitrogens with one attached hydrogen (secondary N) is 1. The summed E-state index contributed by atoms with van der Waals surface area (Å²) in [6.07, 6.45) is -3.51. The van der Waals surface area contributed by atoms with Crippen LogP contribution in [0.1, 0.15) is 33.5 Å². The van der Waals surface area contributed by atoms with Crippen LogP contribution in [0.25, 0.3) is 0 Å². The molecule has 0 aliphatic carbocycles. The molecule has 0 aliphatic heterocycles. The van der Waals surface area contributed by atoms with Crippen molar-refractivity contribution in [3.8, 4) is 11.8 Å². The van der Waals surface area contributed by atoms with Gasteiger partial charge in [0.15, 0.2) is 0 Å². The first-order valence-corrected chi connectivity index (χ1v) is 11.6. The lowest BCUT2D eigenvalue weighted by Crippen LogP contribution is -2.46. The van der Waals surface area contributed by atoms with Crippen molar-refractivity contribution in [1.82, 2.24) is 10.3 Å². The summed E-state index contributed by atoms with van der Waals surface area (Å²) in [7, 11) is 0. The van der Waals surface area contributed by atoms with Crippen LogP contribution in [0.15, 0.2) is 79.0 Å². The second-order valence-electron chi connectivity index (χ2n) is 8.55. The van der Waals surface area contributed by atoms with Crippen LogP contribution in [0.3, 0.4) is 0 Å². The number of nitrogens with zero attached hydrogens (tertiary/aromatic N) is 2. The molecule has 0 radical (unpaired) electrons. The van der Waals surface area contributed by atoms with Gasteiger partial charge in [0.05, 0.1) is 21.8 Å². The summed E-state index contributed by atoms with van der Waals surface area (Å²) in [5, 5.41) is 23.1. The summed E-state index contributed by atoms with van der Waals surface area (Å²) < 4.78 is 69.8. The fourth-order valence-electron chi connectivity index (χ4n) is 4.23. The average Bonchev–Trinajstić information content (AvgIpc) is 2.88. The highest BCUT2D eigenvalue weighted by molar-refractivity contribution is 6.30. The standard InChI is InChI=1S/C28H19ClF5N3O/c29-21-7-9-25(36-16-21)27(13-17-4-2-1-3-5-17,19-10-20(28(32,33)34)12-22(30)11-19)37-15-18-6-8-24(31)23(14-35)26(18)38/h1-12,16,37-38H,13,15H2/t27-/m0/s1. The number of phenols is 1.